The Balaban J connectivity index is 2.45. The second-order valence-corrected chi connectivity index (χ2v) is 4.10. The molecule has 6 nitrogen and oxygen atoms in total. The van der Waals surface area contributed by atoms with Crippen LogP contribution < -0.4 is 0 Å². The number of ether oxygens (including phenoxy) is 2. The molecule has 1 saturated carbocycles. The fourth-order valence-corrected chi connectivity index (χ4v) is 1.71. The summed E-state index contributed by atoms with van der Waals surface area (Å²) >= 11 is 0. The van der Waals surface area contributed by atoms with Crippen LogP contribution in [0.4, 0.5) is 0 Å². The third-order valence-electron chi connectivity index (χ3n) is 2.87. The highest BCUT2D eigenvalue weighted by Gasteiger charge is 2.49. The minimum absolute atomic E-state index is 0.105. The van der Waals surface area contributed by atoms with Crippen molar-refractivity contribution in [2.45, 2.75) is 6.42 Å². The maximum absolute atomic E-state index is 12.0. The van der Waals surface area contributed by atoms with E-state index in [1.807, 2.05) is 0 Å². The molecule has 1 amide bonds. The van der Waals surface area contributed by atoms with Gasteiger partial charge >= 0.3 is 5.97 Å². The van der Waals surface area contributed by atoms with Gasteiger partial charge in [-0.05, 0) is 6.42 Å². The Hall–Kier alpha value is -1.14. The number of carboxylic acid groups (broad SMARTS) is 1. The van der Waals surface area contributed by atoms with Crippen molar-refractivity contribution in [1.82, 2.24) is 4.90 Å². The van der Waals surface area contributed by atoms with E-state index in [0.717, 1.165) is 0 Å². The average Bonchev–Trinajstić information content (AvgIpc) is 3.08. The SMILES string of the molecule is COCCN(CCOC)C(=O)C1CC1C(=O)O. The van der Waals surface area contributed by atoms with Crippen molar-refractivity contribution in [2.75, 3.05) is 40.5 Å². The molecule has 6 heteroatoms. The summed E-state index contributed by atoms with van der Waals surface area (Å²) in [6.45, 7) is 1.84. The van der Waals surface area contributed by atoms with E-state index in [0.29, 0.717) is 32.7 Å². The van der Waals surface area contributed by atoms with Gasteiger partial charge in [-0.1, -0.05) is 0 Å². The highest BCUT2D eigenvalue weighted by Crippen LogP contribution is 2.40. The van der Waals surface area contributed by atoms with Gasteiger partial charge in [0.15, 0.2) is 0 Å². The summed E-state index contributed by atoms with van der Waals surface area (Å²) in [5, 5.41) is 8.79. The van der Waals surface area contributed by atoms with Crippen LogP contribution in [0.1, 0.15) is 6.42 Å². The van der Waals surface area contributed by atoms with Crippen molar-refractivity contribution in [2.24, 2.45) is 11.8 Å². The van der Waals surface area contributed by atoms with Gasteiger partial charge in [0.1, 0.15) is 0 Å². The number of carboxylic acids is 1. The van der Waals surface area contributed by atoms with Crippen LogP contribution >= 0.6 is 0 Å². The molecule has 1 fully saturated rings. The fraction of sp³-hybridized carbons (Fsp3) is 0.818. The molecule has 0 saturated heterocycles. The van der Waals surface area contributed by atoms with E-state index in [2.05, 4.69) is 0 Å². The minimum atomic E-state index is -0.887. The third kappa shape index (κ3) is 3.98. The molecule has 2 atom stereocenters. The highest BCUT2D eigenvalue weighted by molar-refractivity contribution is 5.89. The number of aliphatic carboxylic acids is 1. The zero-order chi connectivity index (χ0) is 12.8. The molecule has 1 rings (SSSR count). The Bertz CT molecular complexity index is 273. The fourth-order valence-electron chi connectivity index (χ4n) is 1.71. The van der Waals surface area contributed by atoms with E-state index in [4.69, 9.17) is 14.6 Å². The van der Waals surface area contributed by atoms with E-state index in [1.54, 1.807) is 19.1 Å². The molecule has 0 radical (unpaired) electrons. The normalized spacial score (nSPS) is 22.2. The van der Waals surface area contributed by atoms with Gasteiger partial charge in [0.2, 0.25) is 5.91 Å². The number of hydrogen-bond acceptors (Lipinski definition) is 4. The number of rotatable bonds is 8. The number of methoxy groups -OCH3 is 2. The average molecular weight is 245 g/mol. The maximum atomic E-state index is 12.0. The van der Waals surface area contributed by atoms with Gasteiger partial charge in [-0.15, -0.1) is 0 Å². The summed E-state index contributed by atoms with van der Waals surface area (Å²) in [5.41, 5.74) is 0. The number of hydrogen-bond donors (Lipinski definition) is 1. The standard InChI is InChI=1S/C11H19NO5/c1-16-5-3-12(4-6-17-2)10(13)8-7-9(8)11(14)15/h8-9H,3-7H2,1-2H3,(H,14,15). The van der Waals surface area contributed by atoms with Crippen LogP contribution in [0, 0.1) is 11.8 Å². The molecule has 0 aliphatic heterocycles. The molecule has 0 aromatic carbocycles. The largest absolute Gasteiger partial charge is 0.481 e. The van der Waals surface area contributed by atoms with E-state index >= 15 is 0 Å². The van der Waals surface area contributed by atoms with Crippen molar-refractivity contribution < 1.29 is 24.2 Å². The van der Waals surface area contributed by atoms with Crippen LogP contribution in [-0.2, 0) is 19.1 Å². The Labute approximate surface area is 100 Å². The minimum Gasteiger partial charge on any atom is -0.481 e. The highest BCUT2D eigenvalue weighted by atomic mass is 16.5. The van der Waals surface area contributed by atoms with E-state index in [-0.39, 0.29) is 11.8 Å². The smallest absolute Gasteiger partial charge is 0.307 e. The summed E-state index contributed by atoms with van der Waals surface area (Å²) in [4.78, 5) is 24.3. The summed E-state index contributed by atoms with van der Waals surface area (Å²) in [6, 6.07) is 0. The van der Waals surface area contributed by atoms with Crippen LogP contribution in [0.2, 0.25) is 0 Å². The predicted octanol–water partition coefficient (Wildman–Crippen LogP) is -0.171. The van der Waals surface area contributed by atoms with Crippen molar-refractivity contribution in [1.29, 1.82) is 0 Å². The third-order valence-corrected chi connectivity index (χ3v) is 2.87. The molecule has 0 spiro atoms. The number of carbonyl (C=O) groups excluding carboxylic acids is 1. The number of nitrogens with zero attached hydrogens (tertiary/aromatic N) is 1. The van der Waals surface area contributed by atoms with Gasteiger partial charge in [-0.25, -0.2) is 0 Å². The first kappa shape index (κ1) is 13.9. The van der Waals surface area contributed by atoms with Crippen LogP contribution in [0.15, 0.2) is 0 Å². The van der Waals surface area contributed by atoms with Crippen LogP contribution in [0.3, 0.4) is 0 Å². The Morgan fingerprint density at radius 3 is 2.06 bits per heavy atom. The van der Waals surface area contributed by atoms with Crippen molar-refractivity contribution in [3.8, 4) is 0 Å². The number of carbonyl (C=O) groups is 2. The molecule has 98 valence electrons. The van der Waals surface area contributed by atoms with Crippen molar-refractivity contribution >= 4 is 11.9 Å². The monoisotopic (exact) mass is 245 g/mol. The quantitative estimate of drug-likeness (QED) is 0.642. The van der Waals surface area contributed by atoms with Gasteiger partial charge in [0.25, 0.3) is 0 Å². The second-order valence-electron chi connectivity index (χ2n) is 4.10. The molecule has 1 aliphatic rings. The lowest BCUT2D eigenvalue weighted by Crippen LogP contribution is -2.38. The predicted molar refractivity (Wildman–Crippen MR) is 59.6 cm³/mol. The van der Waals surface area contributed by atoms with Gasteiger partial charge in [-0.3, -0.25) is 9.59 Å². The zero-order valence-electron chi connectivity index (χ0n) is 10.2. The molecule has 0 aromatic rings. The molecule has 0 heterocycles. The lowest BCUT2D eigenvalue weighted by atomic mass is 10.2. The Morgan fingerprint density at radius 1 is 1.18 bits per heavy atom. The Morgan fingerprint density at radius 2 is 1.71 bits per heavy atom. The van der Waals surface area contributed by atoms with Crippen molar-refractivity contribution in [3.63, 3.8) is 0 Å². The first-order valence-electron chi connectivity index (χ1n) is 5.61. The molecule has 0 aromatic heterocycles. The van der Waals surface area contributed by atoms with Crippen LogP contribution in [0.25, 0.3) is 0 Å². The van der Waals surface area contributed by atoms with E-state index < -0.39 is 11.9 Å². The van der Waals surface area contributed by atoms with Gasteiger partial charge < -0.3 is 19.5 Å². The van der Waals surface area contributed by atoms with E-state index in [9.17, 15) is 9.59 Å². The van der Waals surface area contributed by atoms with Crippen LogP contribution in [0.5, 0.6) is 0 Å². The first-order chi connectivity index (χ1) is 8.11. The Kier molecular flexibility index (Phi) is 5.37. The van der Waals surface area contributed by atoms with Crippen LogP contribution in [-0.4, -0.2) is 62.4 Å². The summed E-state index contributed by atoms with van der Waals surface area (Å²) < 4.78 is 9.85. The molecule has 2 unspecified atom stereocenters. The first-order valence-corrected chi connectivity index (χ1v) is 5.61. The van der Waals surface area contributed by atoms with E-state index in [1.165, 1.54) is 0 Å². The van der Waals surface area contributed by atoms with Gasteiger partial charge in [-0.2, -0.15) is 0 Å². The molecular weight excluding hydrogens is 226 g/mol. The number of amides is 1. The zero-order valence-corrected chi connectivity index (χ0v) is 10.2. The molecule has 1 N–H and O–H groups in total. The molecular formula is C11H19NO5. The molecule has 17 heavy (non-hydrogen) atoms. The molecule has 0 bridgehead atoms. The summed E-state index contributed by atoms with van der Waals surface area (Å²) in [5.74, 6) is -1.86. The molecule has 1 aliphatic carbocycles. The summed E-state index contributed by atoms with van der Waals surface area (Å²) in [6.07, 6.45) is 0.449. The van der Waals surface area contributed by atoms with Gasteiger partial charge in [0.05, 0.1) is 25.0 Å². The topological polar surface area (TPSA) is 76.1 Å². The van der Waals surface area contributed by atoms with Gasteiger partial charge in [0, 0.05) is 27.3 Å². The maximum Gasteiger partial charge on any atom is 0.307 e. The second kappa shape index (κ2) is 6.56. The lowest BCUT2D eigenvalue weighted by Gasteiger charge is -2.22. The lowest BCUT2D eigenvalue weighted by molar-refractivity contribution is -0.142. The van der Waals surface area contributed by atoms with Crippen molar-refractivity contribution in [3.05, 3.63) is 0 Å². The summed E-state index contributed by atoms with van der Waals surface area (Å²) in [7, 11) is 3.13.